The van der Waals surface area contributed by atoms with Crippen LogP contribution in [-0.2, 0) is 14.9 Å². The fraction of sp³-hybridized carbons (Fsp3) is 0.429. The molecule has 1 amide bonds. The van der Waals surface area contributed by atoms with E-state index >= 15 is 0 Å². The summed E-state index contributed by atoms with van der Waals surface area (Å²) in [6.45, 7) is 9.16. The monoisotopic (exact) mass is 484 g/mol. The van der Waals surface area contributed by atoms with Gasteiger partial charge in [0, 0.05) is 35.3 Å². The lowest BCUT2D eigenvalue weighted by molar-refractivity contribution is -0.117. The van der Waals surface area contributed by atoms with E-state index in [0.29, 0.717) is 24.8 Å². The number of hydrogen-bond acceptors (Lipinski definition) is 7. The van der Waals surface area contributed by atoms with Crippen LogP contribution >= 0.6 is 0 Å². The maximum atomic E-state index is 12.6. The van der Waals surface area contributed by atoms with Gasteiger partial charge in [-0.3, -0.25) is 9.69 Å². The summed E-state index contributed by atoms with van der Waals surface area (Å²) in [7, 11) is 0. The van der Waals surface area contributed by atoms with Crippen LogP contribution in [0.5, 0.6) is 0 Å². The molecule has 186 valence electrons. The highest BCUT2D eigenvalue weighted by Gasteiger charge is 2.55. The molecule has 0 bridgehead atoms. The lowest BCUT2D eigenvalue weighted by Gasteiger charge is -2.46. The molecule has 3 aromatic rings. The third kappa shape index (κ3) is 3.71. The number of para-hydroxylation sites is 1. The number of fused-ring (bicyclic) bond motifs is 3. The molecular formula is C28H32N6O2. The molecule has 3 aliphatic heterocycles. The number of anilines is 5. The molecule has 5 heterocycles. The Hall–Kier alpha value is -3.52. The van der Waals surface area contributed by atoms with Crippen LogP contribution in [0.25, 0.3) is 0 Å². The van der Waals surface area contributed by atoms with Gasteiger partial charge in [0.05, 0.1) is 18.2 Å². The number of nitrogens with zero attached hydrogens (tertiary/aromatic N) is 5. The molecule has 8 nitrogen and oxygen atoms in total. The van der Waals surface area contributed by atoms with E-state index in [0.717, 1.165) is 35.7 Å². The minimum absolute atomic E-state index is 0.0898. The third-order valence-electron chi connectivity index (χ3n) is 7.84. The van der Waals surface area contributed by atoms with Crippen LogP contribution in [0.15, 0.2) is 54.7 Å². The molecule has 0 spiro atoms. The molecule has 2 aromatic heterocycles. The smallest absolute Gasteiger partial charge is 0.229 e. The van der Waals surface area contributed by atoms with Gasteiger partial charge in [0.15, 0.2) is 0 Å². The first-order chi connectivity index (χ1) is 17.2. The van der Waals surface area contributed by atoms with Crippen molar-refractivity contribution < 1.29 is 9.53 Å². The lowest BCUT2D eigenvalue weighted by Crippen LogP contribution is -2.54. The van der Waals surface area contributed by atoms with Gasteiger partial charge < -0.3 is 15.0 Å². The third-order valence-corrected chi connectivity index (χ3v) is 7.84. The van der Waals surface area contributed by atoms with Crippen LogP contribution < -0.4 is 15.1 Å². The van der Waals surface area contributed by atoms with Gasteiger partial charge >= 0.3 is 0 Å². The fourth-order valence-electron chi connectivity index (χ4n) is 5.77. The number of hydrogen-bond donors (Lipinski definition) is 1. The second kappa shape index (κ2) is 8.27. The zero-order chi connectivity index (χ0) is 25.1. The van der Waals surface area contributed by atoms with E-state index in [1.807, 2.05) is 59.6 Å². The van der Waals surface area contributed by atoms with Crippen LogP contribution in [0.4, 0.5) is 29.1 Å². The summed E-state index contributed by atoms with van der Waals surface area (Å²) in [5.74, 6) is 2.98. The maximum absolute atomic E-state index is 12.6. The summed E-state index contributed by atoms with van der Waals surface area (Å²) in [5.41, 5.74) is 1.42. The lowest BCUT2D eigenvalue weighted by atomic mass is 9.73. The van der Waals surface area contributed by atoms with Crippen molar-refractivity contribution in [3.8, 4) is 0 Å². The topological polar surface area (TPSA) is 83.5 Å². The SMILES string of the molecule is C[C@H]1CCC(=O)N1c1cccc(N2c3nc(Nc4ccccc4)ncc3[C@@]3(C)COC(C)(C)C[C@@H]23)n1. The second-order valence-corrected chi connectivity index (χ2v) is 11.0. The Kier molecular flexibility index (Phi) is 5.26. The number of benzene rings is 1. The van der Waals surface area contributed by atoms with Gasteiger partial charge in [-0.1, -0.05) is 31.2 Å². The van der Waals surface area contributed by atoms with E-state index in [1.54, 1.807) is 0 Å². The van der Waals surface area contributed by atoms with Gasteiger partial charge in [-0.05, 0) is 57.9 Å². The van der Waals surface area contributed by atoms with E-state index in [9.17, 15) is 4.79 Å². The van der Waals surface area contributed by atoms with Crippen LogP contribution in [0.1, 0.15) is 52.5 Å². The number of aromatic nitrogens is 3. The standard InChI is InChI=1S/C28H32N6O2/c1-18-13-14-24(35)33(18)22-11-8-12-23(31-22)34-21-15-27(2,3)36-17-28(21,4)20-16-29-26(32-25(20)34)30-19-9-6-5-7-10-19/h5-12,16,18,21H,13-15,17H2,1-4H3,(H,29,30,32)/t18-,21+,28+/m0/s1. The van der Waals surface area contributed by atoms with Crippen molar-refractivity contribution in [3.05, 3.63) is 60.3 Å². The van der Waals surface area contributed by atoms with Crippen molar-refractivity contribution in [2.75, 3.05) is 21.7 Å². The molecule has 0 unspecified atom stereocenters. The number of amides is 1. The second-order valence-electron chi connectivity index (χ2n) is 11.0. The Balaban J connectivity index is 1.45. The number of rotatable bonds is 4. The maximum Gasteiger partial charge on any atom is 0.229 e. The quantitative estimate of drug-likeness (QED) is 0.551. The number of carbonyl (C=O) groups excluding carboxylic acids is 1. The first-order valence-corrected chi connectivity index (χ1v) is 12.7. The van der Waals surface area contributed by atoms with Crippen molar-refractivity contribution in [2.45, 2.75) is 70.1 Å². The van der Waals surface area contributed by atoms with E-state index in [1.165, 1.54) is 0 Å². The van der Waals surface area contributed by atoms with Crippen molar-refractivity contribution in [1.82, 2.24) is 15.0 Å². The Morgan fingerprint density at radius 2 is 1.75 bits per heavy atom. The predicted molar refractivity (Wildman–Crippen MR) is 140 cm³/mol. The molecule has 0 radical (unpaired) electrons. The number of pyridine rings is 1. The van der Waals surface area contributed by atoms with Gasteiger partial charge in [0.1, 0.15) is 17.5 Å². The normalized spacial score (nSPS) is 26.6. The molecule has 36 heavy (non-hydrogen) atoms. The molecule has 3 aliphatic rings. The first kappa shape index (κ1) is 22.9. The van der Waals surface area contributed by atoms with Crippen molar-refractivity contribution in [3.63, 3.8) is 0 Å². The Bertz CT molecular complexity index is 1310. The highest BCUT2D eigenvalue weighted by molar-refractivity contribution is 5.95. The molecule has 2 saturated heterocycles. The van der Waals surface area contributed by atoms with Gasteiger partial charge in [-0.2, -0.15) is 4.98 Å². The Morgan fingerprint density at radius 3 is 2.47 bits per heavy atom. The molecule has 6 rings (SSSR count). The zero-order valence-electron chi connectivity index (χ0n) is 21.2. The largest absolute Gasteiger partial charge is 0.374 e. The van der Waals surface area contributed by atoms with E-state index in [-0.39, 0.29) is 29.0 Å². The molecule has 0 saturated carbocycles. The van der Waals surface area contributed by atoms with Gasteiger partial charge in [0.2, 0.25) is 11.9 Å². The molecule has 3 atom stereocenters. The molecule has 2 fully saturated rings. The fourth-order valence-corrected chi connectivity index (χ4v) is 5.77. The average molecular weight is 485 g/mol. The minimum Gasteiger partial charge on any atom is -0.374 e. The van der Waals surface area contributed by atoms with E-state index in [4.69, 9.17) is 14.7 Å². The van der Waals surface area contributed by atoms with Crippen LogP contribution in [-0.4, -0.2) is 45.2 Å². The molecule has 8 heteroatoms. The summed E-state index contributed by atoms with van der Waals surface area (Å²) in [6, 6.07) is 16.1. The summed E-state index contributed by atoms with van der Waals surface area (Å²) in [5, 5.41) is 3.33. The minimum atomic E-state index is -0.287. The number of nitrogens with one attached hydrogen (secondary N) is 1. The highest BCUT2D eigenvalue weighted by atomic mass is 16.5. The summed E-state index contributed by atoms with van der Waals surface area (Å²) < 4.78 is 6.31. The number of carbonyl (C=O) groups is 1. The summed E-state index contributed by atoms with van der Waals surface area (Å²) in [6.07, 6.45) is 4.16. The summed E-state index contributed by atoms with van der Waals surface area (Å²) >= 11 is 0. The molecule has 1 aromatic carbocycles. The zero-order valence-corrected chi connectivity index (χ0v) is 21.2. The van der Waals surface area contributed by atoms with Crippen LogP contribution in [0.3, 0.4) is 0 Å². The van der Waals surface area contributed by atoms with Gasteiger partial charge in [-0.15, -0.1) is 0 Å². The Labute approximate surface area is 211 Å². The molecule has 1 N–H and O–H groups in total. The van der Waals surface area contributed by atoms with Gasteiger partial charge in [0.25, 0.3) is 0 Å². The predicted octanol–water partition coefficient (Wildman–Crippen LogP) is 5.11. The summed E-state index contributed by atoms with van der Waals surface area (Å²) in [4.78, 5) is 31.4. The molecular weight excluding hydrogens is 452 g/mol. The van der Waals surface area contributed by atoms with Crippen molar-refractivity contribution in [2.24, 2.45) is 0 Å². The number of ether oxygens (including phenoxy) is 1. The Morgan fingerprint density at radius 1 is 1.00 bits per heavy atom. The average Bonchev–Trinajstić information content (AvgIpc) is 3.32. The molecule has 0 aliphatic carbocycles. The van der Waals surface area contributed by atoms with Crippen molar-refractivity contribution >= 4 is 35.0 Å². The van der Waals surface area contributed by atoms with E-state index in [2.05, 4.69) is 42.9 Å². The van der Waals surface area contributed by atoms with Crippen LogP contribution in [0, 0.1) is 0 Å². The van der Waals surface area contributed by atoms with Crippen LogP contribution in [0.2, 0.25) is 0 Å². The van der Waals surface area contributed by atoms with Gasteiger partial charge in [-0.25, -0.2) is 9.97 Å². The van der Waals surface area contributed by atoms with Crippen molar-refractivity contribution in [1.29, 1.82) is 0 Å². The van der Waals surface area contributed by atoms with E-state index < -0.39 is 0 Å². The first-order valence-electron chi connectivity index (χ1n) is 12.7. The highest BCUT2D eigenvalue weighted by Crippen LogP contribution is 2.53.